The lowest BCUT2D eigenvalue weighted by Crippen LogP contribution is -3.11. The molecule has 2 heterocycles. The number of ether oxygens (including phenoxy) is 2. The summed E-state index contributed by atoms with van der Waals surface area (Å²) in [7, 11) is 1.61. The van der Waals surface area contributed by atoms with E-state index in [1.807, 2.05) is 24.3 Å². The third-order valence-corrected chi connectivity index (χ3v) is 5.30. The number of likely N-dealkylation sites (tertiary alicyclic amines) is 1. The lowest BCUT2D eigenvalue weighted by atomic mass is 10.0. The zero-order valence-corrected chi connectivity index (χ0v) is 15.5. The second kappa shape index (κ2) is 7.45. The molecule has 0 saturated carbocycles. The standard InChI is InChI=1S/C22H23NO4/c1-26-16-7-5-6-15(12-16)13-20-21(25)17-8-9-19(24)18(22(17)27-20)14-23-10-3-2-4-11-23/h5-9,12-13,24H,2-4,10-11,14H2,1H3/p+1/b20-13-. The van der Waals surface area contributed by atoms with Gasteiger partial charge in [-0.1, -0.05) is 12.1 Å². The fourth-order valence-corrected chi connectivity index (χ4v) is 3.83. The van der Waals surface area contributed by atoms with Crippen molar-refractivity contribution >= 4 is 11.9 Å². The number of methoxy groups -OCH3 is 1. The maximum absolute atomic E-state index is 12.8. The first kappa shape index (κ1) is 17.6. The molecule has 5 heteroatoms. The number of quaternary nitrogens is 1. The summed E-state index contributed by atoms with van der Waals surface area (Å²) >= 11 is 0. The first-order valence-electron chi connectivity index (χ1n) is 9.42. The van der Waals surface area contributed by atoms with E-state index in [0.717, 1.165) is 30.0 Å². The Kier molecular flexibility index (Phi) is 4.86. The number of phenols is 1. The summed E-state index contributed by atoms with van der Waals surface area (Å²) in [5.41, 5.74) is 2.08. The van der Waals surface area contributed by atoms with Crippen LogP contribution in [-0.4, -0.2) is 31.1 Å². The molecule has 0 radical (unpaired) electrons. The number of nitrogens with one attached hydrogen (secondary N) is 1. The first-order chi connectivity index (χ1) is 13.2. The summed E-state index contributed by atoms with van der Waals surface area (Å²) in [6, 6.07) is 10.7. The van der Waals surface area contributed by atoms with Gasteiger partial charge in [0.2, 0.25) is 5.78 Å². The van der Waals surface area contributed by atoms with Crippen molar-refractivity contribution in [1.29, 1.82) is 0 Å². The number of aromatic hydroxyl groups is 1. The van der Waals surface area contributed by atoms with E-state index in [1.165, 1.54) is 24.2 Å². The number of allylic oxidation sites excluding steroid dienone is 1. The molecule has 0 aliphatic carbocycles. The van der Waals surface area contributed by atoms with Crippen molar-refractivity contribution in [3.63, 3.8) is 0 Å². The van der Waals surface area contributed by atoms with Gasteiger partial charge in [-0.05, 0) is 55.2 Å². The van der Waals surface area contributed by atoms with E-state index in [4.69, 9.17) is 9.47 Å². The van der Waals surface area contributed by atoms with E-state index in [2.05, 4.69) is 0 Å². The van der Waals surface area contributed by atoms with Gasteiger partial charge in [0, 0.05) is 0 Å². The number of phenolic OH excluding ortho intramolecular Hbond substituents is 1. The van der Waals surface area contributed by atoms with E-state index in [0.29, 0.717) is 17.9 Å². The molecule has 0 spiro atoms. The highest BCUT2D eigenvalue weighted by atomic mass is 16.5. The van der Waals surface area contributed by atoms with Gasteiger partial charge in [-0.15, -0.1) is 0 Å². The number of benzene rings is 2. The number of piperidine rings is 1. The molecule has 0 unspecified atom stereocenters. The third kappa shape index (κ3) is 3.55. The molecule has 140 valence electrons. The molecule has 0 bridgehead atoms. The molecule has 1 saturated heterocycles. The average Bonchev–Trinajstić information content (AvgIpc) is 3.01. The number of fused-ring (bicyclic) bond motifs is 1. The molecular formula is C22H24NO4+. The van der Waals surface area contributed by atoms with Crippen LogP contribution in [-0.2, 0) is 6.54 Å². The number of rotatable bonds is 4. The second-order valence-corrected chi connectivity index (χ2v) is 7.14. The molecule has 2 aromatic carbocycles. The highest BCUT2D eigenvalue weighted by molar-refractivity contribution is 6.15. The number of ketones is 1. The normalized spacial score (nSPS) is 18.4. The summed E-state index contributed by atoms with van der Waals surface area (Å²) in [4.78, 5) is 14.2. The highest BCUT2D eigenvalue weighted by Crippen LogP contribution is 2.39. The zero-order chi connectivity index (χ0) is 18.8. The van der Waals surface area contributed by atoms with Crippen molar-refractivity contribution in [3.8, 4) is 17.2 Å². The molecule has 1 fully saturated rings. The van der Waals surface area contributed by atoms with Crippen molar-refractivity contribution in [3.05, 3.63) is 58.8 Å². The predicted molar refractivity (Wildman–Crippen MR) is 102 cm³/mol. The molecule has 4 rings (SSSR count). The second-order valence-electron chi connectivity index (χ2n) is 7.14. The van der Waals surface area contributed by atoms with E-state index >= 15 is 0 Å². The number of carbonyl (C=O) groups is 1. The smallest absolute Gasteiger partial charge is 0.231 e. The molecule has 2 N–H and O–H groups in total. The Hall–Kier alpha value is -2.79. The van der Waals surface area contributed by atoms with E-state index < -0.39 is 0 Å². The van der Waals surface area contributed by atoms with E-state index in [9.17, 15) is 9.90 Å². The average molecular weight is 366 g/mol. The van der Waals surface area contributed by atoms with Crippen LogP contribution in [0.5, 0.6) is 17.2 Å². The van der Waals surface area contributed by atoms with Crippen molar-refractivity contribution < 1.29 is 24.3 Å². The van der Waals surface area contributed by atoms with Crippen LogP contribution >= 0.6 is 0 Å². The van der Waals surface area contributed by atoms with Gasteiger partial charge < -0.3 is 19.5 Å². The quantitative estimate of drug-likeness (QED) is 0.817. The van der Waals surface area contributed by atoms with Crippen molar-refractivity contribution in [2.75, 3.05) is 20.2 Å². The molecule has 2 aliphatic heterocycles. The van der Waals surface area contributed by atoms with Crippen LogP contribution < -0.4 is 14.4 Å². The summed E-state index contributed by atoms with van der Waals surface area (Å²) < 4.78 is 11.2. The monoisotopic (exact) mass is 366 g/mol. The molecule has 2 aliphatic rings. The topological polar surface area (TPSA) is 60.2 Å². The van der Waals surface area contributed by atoms with Crippen LogP contribution in [0.4, 0.5) is 0 Å². The molecule has 2 aromatic rings. The van der Waals surface area contributed by atoms with Crippen LogP contribution in [0.2, 0.25) is 0 Å². The molecule has 0 atom stereocenters. The Morgan fingerprint density at radius 3 is 2.78 bits per heavy atom. The minimum Gasteiger partial charge on any atom is -0.507 e. The van der Waals surface area contributed by atoms with Crippen molar-refractivity contribution in [2.45, 2.75) is 25.8 Å². The predicted octanol–water partition coefficient (Wildman–Crippen LogP) is 2.59. The summed E-state index contributed by atoms with van der Waals surface area (Å²) in [5.74, 6) is 1.55. The minimum atomic E-state index is -0.150. The maximum Gasteiger partial charge on any atom is 0.231 e. The summed E-state index contributed by atoms with van der Waals surface area (Å²) in [6.07, 6.45) is 5.39. The Morgan fingerprint density at radius 1 is 1.19 bits per heavy atom. The van der Waals surface area contributed by atoms with Gasteiger partial charge in [-0.3, -0.25) is 4.79 Å². The molecule has 27 heavy (non-hydrogen) atoms. The largest absolute Gasteiger partial charge is 0.507 e. The third-order valence-electron chi connectivity index (χ3n) is 5.30. The molecule has 5 nitrogen and oxygen atoms in total. The van der Waals surface area contributed by atoms with Crippen LogP contribution in [0.3, 0.4) is 0 Å². The zero-order valence-electron chi connectivity index (χ0n) is 15.5. The summed E-state index contributed by atoms with van der Waals surface area (Å²) in [5, 5.41) is 10.4. The molecular weight excluding hydrogens is 342 g/mol. The van der Waals surface area contributed by atoms with Gasteiger partial charge in [0.15, 0.2) is 11.5 Å². The number of hydrogen-bond acceptors (Lipinski definition) is 4. The lowest BCUT2D eigenvalue weighted by Gasteiger charge is -2.24. The highest BCUT2D eigenvalue weighted by Gasteiger charge is 2.32. The van der Waals surface area contributed by atoms with E-state index in [1.54, 1.807) is 25.3 Å². The first-order valence-corrected chi connectivity index (χ1v) is 9.42. The Balaban J connectivity index is 1.64. The van der Waals surface area contributed by atoms with Gasteiger partial charge in [0.25, 0.3) is 0 Å². The SMILES string of the molecule is COc1cccc(/C=C2\Oc3c(ccc(O)c3C[NH+]3CCCCC3)C2=O)c1. The van der Waals surface area contributed by atoms with Gasteiger partial charge in [0.05, 0.1) is 31.3 Å². The Labute approximate surface area is 158 Å². The van der Waals surface area contributed by atoms with E-state index in [-0.39, 0.29) is 17.3 Å². The van der Waals surface area contributed by atoms with Crippen LogP contribution in [0.15, 0.2) is 42.2 Å². The van der Waals surface area contributed by atoms with Gasteiger partial charge >= 0.3 is 0 Å². The number of carbonyl (C=O) groups excluding carboxylic acids is 1. The maximum atomic E-state index is 12.8. The number of hydrogen-bond donors (Lipinski definition) is 2. The number of Topliss-reactive ketones (excluding diaryl/α,β-unsaturated/α-hetero) is 1. The lowest BCUT2D eigenvalue weighted by molar-refractivity contribution is -0.918. The van der Waals surface area contributed by atoms with Gasteiger partial charge in [-0.2, -0.15) is 0 Å². The molecule has 0 amide bonds. The summed E-state index contributed by atoms with van der Waals surface area (Å²) in [6.45, 7) is 2.85. The fourth-order valence-electron chi connectivity index (χ4n) is 3.83. The van der Waals surface area contributed by atoms with Gasteiger partial charge in [0.1, 0.15) is 18.0 Å². The minimum absolute atomic E-state index is 0.150. The van der Waals surface area contributed by atoms with Crippen LogP contribution in [0, 0.1) is 0 Å². The van der Waals surface area contributed by atoms with Crippen molar-refractivity contribution in [2.24, 2.45) is 0 Å². The van der Waals surface area contributed by atoms with Crippen LogP contribution in [0.25, 0.3) is 6.08 Å². The van der Waals surface area contributed by atoms with Gasteiger partial charge in [-0.25, -0.2) is 0 Å². The Morgan fingerprint density at radius 2 is 2.00 bits per heavy atom. The Bertz CT molecular complexity index is 897. The van der Waals surface area contributed by atoms with Crippen molar-refractivity contribution in [1.82, 2.24) is 0 Å². The molecule has 0 aromatic heterocycles. The fraction of sp³-hybridized carbons (Fsp3) is 0.318. The van der Waals surface area contributed by atoms with Crippen LogP contribution in [0.1, 0.15) is 40.7 Å².